The molecule has 0 bridgehead atoms. The third kappa shape index (κ3) is 7.25. The van der Waals surface area contributed by atoms with E-state index in [9.17, 15) is 13.9 Å². The number of aromatic nitrogens is 1. The van der Waals surface area contributed by atoms with Crippen molar-refractivity contribution in [2.45, 2.75) is 19.1 Å². The second kappa shape index (κ2) is 10.6. The summed E-state index contributed by atoms with van der Waals surface area (Å²) in [4.78, 5) is 6.42. The van der Waals surface area contributed by atoms with Crippen LogP contribution in [0.2, 0.25) is 0 Å². The van der Waals surface area contributed by atoms with Crippen molar-refractivity contribution < 1.29 is 18.6 Å². The molecule has 0 aliphatic rings. The summed E-state index contributed by atoms with van der Waals surface area (Å²) in [6.07, 6.45) is 1.75. The number of hydrogen-bond acceptors (Lipinski definition) is 4. The van der Waals surface area contributed by atoms with Gasteiger partial charge >= 0.3 is 0 Å². The van der Waals surface area contributed by atoms with Gasteiger partial charge < -0.3 is 9.84 Å². The highest BCUT2D eigenvalue weighted by Gasteiger charge is 2.14. The molecule has 3 rings (SSSR count). The van der Waals surface area contributed by atoms with Crippen LogP contribution in [0.3, 0.4) is 0 Å². The quantitative estimate of drug-likeness (QED) is 0.564. The third-order valence-corrected chi connectivity index (χ3v) is 4.45. The largest absolute Gasteiger partial charge is 0.491 e. The first-order chi connectivity index (χ1) is 14.1. The van der Waals surface area contributed by atoms with Crippen molar-refractivity contribution in [3.8, 4) is 5.75 Å². The van der Waals surface area contributed by atoms with Gasteiger partial charge in [-0.1, -0.05) is 18.2 Å². The Morgan fingerprint density at radius 3 is 2.28 bits per heavy atom. The molecule has 29 heavy (non-hydrogen) atoms. The zero-order chi connectivity index (χ0) is 20.5. The van der Waals surface area contributed by atoms with Crippen LogP contribution in [0.15, 0.2) is 72.9 Å². The maximum absolute atomic E-state index is 13.2. The average Bonchev–Trinajstić information content (AvgIpc) is 2.74. The highest BCUT2D eigenvalue weighted by Crippen LogP contribution is 2.13. The van der Waals surface area contributed by atoms with E-state index in [-0.39, 0.29) is 18.2 Å². The maximum atomic E-state index is 13.2. The summed E-state index contributed by atoms with van der Waals surface area (Å²) in [5, 5.41) is 10.4. The van der Waals surface area contributed by atoms with Gasteiger partial charge in [-0.25, -0.2) is 8.78 Å². The van der Waals surface area contributed by atoms with Gasteiger partial charge in [0.2, 0.25) is 0 Å². The summed E-state index contributed by atoms with van der Waals surface area (Å²) in [5.41, 5.74) is 1.92. The van der Waals surface area contributed by atoms with Gasteiger partial charge in [0.1, 0.15) is 30.1 Å². The minimum absolute atomic E-state index is 0.0924. The van der Waals surface area contributed by atoms with E-state index < -0.39 is 6.10 Å². The molecule has 1 N–H and O–H groups in total. The Kier molecular flexibility index (Phi) is 7.67. The minimum Gasteiger partial charge on any atom is -0.491 e. The van der Waals surface area contributed by atoms with Gasteiger partial charge in [0.15, 0.2) is 0 Å². The molecule has 1 aromatic heterocycles. The molecule has 0 saturated heterocycles. The fourth-order valence-corrected chi connectivity index (χ4v) is 2.98. The Bertz CT molecular complexity index is 858. The third-order valence-electron chi connectivity index (χ3n) is 4.45. The lowest BCUT2D eigenvalue weighted by molar-refractivity contribution is 0.0658. The molecule has 0 amide bonds. The number of benzene rings is 2. The van der Waals surface area contributed by atoms with Gasteiger partial charge in [-0.3, -0.25) is 9.88 Å². The van der Waals surface area contributed by atoms with E-state index >= 15 is 0 Å². The second-order valence-corrected chi connectivity index (χ2v) is 6.85. The van der Waals surface area contributed by atoms with Crippen molar-refractivity contribution >= 4 is 0 Å². The van der Waals surface area contributed by atoms with Gasteiger partial charge in [-0.2, -0.15) is 0 Å². The SMILES string of the molecule is OC(COc1ccc(F)cc1)CN(CCc1ccccn1)Cc1ccc(F)cc1. The van der Waals surface area contributed by atoms with Crippen molar-refractivity contribution in [1.82, 2.24) is 9.88 Å². The van der Waals surface area contributed by atoms with E-state index in [0.29, 0.717) is 25.4 Å². The zero-order valence-electron chi connectivity index (χ0n) is 16.0. The number of nitrogens with zero attached hydrogens (tertiary/aromatic N) is 2. The van der Waals surface area contributed by atoms with Crippen LogP contribution in [0.5, 0.6) is 5.75 Å². The van der Waals surface area contributed by atoms with Crippen molar-refractivity contribution in [2.24, 2.45) is 0 Å². The van der Waals surface area contributed by atoms with Gasteiger partial charge in [-0.15, -0.1) is 0 Å². The predicted octanol–water partition coefficient (Wildman–Crippen LogP) is 3.84. The molecule has 1 atom stereocenters. The van der Waals surface area contributed by atoms with E-state index in [0.717, 1.165) is 17.7 Å². The van der Waals surface area contributed by atoms with Crippen LogP contribution >= 0.6 is 0 Å². The second-order valence-electron chi connectivity index (χ2n) is 6.85. The van der Waals surface area contributed by atoms with E-state index in [1.807, 2.05) is 18.2 Å². The van der Waals surface area contributed by atoms with E-state index in [1.165, 1.54) is 36.4 Å². The standard InChI is InChI=1S/C23H24F2N2O2/c24-19-6-4-18(5-7-19)15-27(14-12-21-3-1-2-13-26-21)16-22(28)17-29-23-10-8-20(25)9-11-23/h1-11,13,22,28H,12,14-17H2. The molecular weight excluding hydrogens is 374 g/mol. The molecule has 1 heterocycles. The topological polar surface area (TPSA) is 45.6 Å². The number of pyridine rings is 1. The lowest BCUT2D eigenvalue weighted by Crippen LogP contribution is -2.36. The van der Waals surface area contributed by atoms with Crippen LogP contribution in [0.4, 0.5) is 8.78 Å². The molecule has 0 spiro atoms. The van der Waals surface area contributed by atoms with Crippen molar-refractivity contribution in [1.29, 1.82) is 0 Å². The van der Waals surface area contributed by atoms with Crippen LogP contribution in [-0.4, -0.2) is 40.8 Å². The zero-order valence-corrected chi connectivity index (χ0v) is 16.0. The van der Waals surface area contributed by atoms with E-state index in [2.05, 4.69) is 9.88 Å². The number of halogens is 2. The Morgan fingerprint density at radius 1 is 0.931 bits per heavy atom. The molecule has 0 fully saturated rings. The summed E-state index contributed by atoms with van der Waals surface area (Å²) < 4.78 is 31.7. The number of aliphatic hydroxyl groups excluding tert-OH is 1. The smallest absolute Gasteiger partial charge is 0.123 e. The van der Waals surface area contributed by atoms with E-state index in [1.54, 1.807) is 18.3 Å². The van der Waals surface area contributed by atoms with Gasteiger partial charge in [0.05, 0.1) is 0 Å². The molecule has 0 aliphatic carbocycles. The molecule has 4 nitrogen and oxygen atoms in total. The molecule has 0 radical (unpaired) electrons. The van der Waals surface area contributed by atoms with E-state index in [4.69, 9.17) is 4.74 Å². The highest BCUT2D eigenvalue weighted by molar-refractivity contribution is 5.22. The summed E-state index contributed by atoms with van der Waals surface area (Å²) in [6.45, 7) is 1.73. The first-order valence-corrected chi connectivity index (χ1v) is 9.51. The van der Waals surface area contributed by atoms with Crippen LogP contribution in [0, 0.1) is 11.6 Å². The van der Waals surface area contributed by atoms with Gasteiger partial charge in [0.25, 0.3) is 0 Å². The van der Waals surface area contributed by atoms with Crippen LogP contribution in [0.1, 0.15) is 11.3 Å². The van der Waals surface area contributed by atoms with Gasteiger partial charge in [-0.05, 0) is 54.1 Å². The summed E-state index contributed by atoms with van der Waals surface area (Å²) in [5.74, 6) is -0.108. The van der Waals surface area contributed by atoms with Crippen molar-refractivity contribution in [3.63, 3.8) is 0 Å². The summed E-state index contributed by atoms with van der Waals surface area (Å²) in [7, 11) is 0. The number of rotatable bonds is 10. The Labute approximate surface area is 169 Å². The van der Waals surface area contributed by atoms with Crippen LogP contribution < -0.4 is 4.74 Å². The fourth-order valence-electron chi connectivity index (χ4n) is 2.98. The molecular formula is C23H24F2N2O2. The molecule has 152 valence electrons. The van der Waals surface area contributed by atoms with Crippen LogP contribution in [-0.2, 0) is 13.0 Å². The number of hydrogen-bond donors (Lipinski definition) is 1. The minimum atomic E-state index is -0.732. The monoisotopic (exact) mass is 398 g/mol. The Balaban J connectivity index is 1.57. The number of ether oxygens (including phenoxy) is 1. The van der Waals surface area contributed by atoms with Gasteiger partial charge in [0, 0.05) is 37.9 Å². The van der Waals surface area contributed by atoms with Crippen molar-refractivity contribution in [3.05, 3.63) is 95.8 Å². The predicted molar refractivity (Wildman–Crippen MR) is 108 cm³/mol. The highest BCUT2D eigenvalue weighted by atomic mass is 19.1. The Hall–Kier alpha value is -2.83. The maximum Gasteiger partial charge on any atom is 0.123 e. The molecule has 0 aliphatic heterocycles. The summed E-state index contributed by atoms with van der Waals surface area (Å²) >= 11 is 0. The number of aliphatic hydroxyl groups is 1. The summed E-state index contributed by atoms with van der Waals surface area (Å²) in [6, 6.07) is 17.8. The average molecular weight is 398 g/mol. The molecule has 2 aromatic carbocycles. The lowest BCUT2D eigenvalue weighted by atomic mass is 10.1. The molecule has 0 saturated carbocycles. The lowest BCUT2D eigenvalue weighted by Gasteiger charge is -2.25. The normalized spacial score (nSPS) is 12.1. The first-order valence-electron chi connectivity index (χ1n) is 9.51. The first kappa shape index (κ1) is 20.9. The fraction of sp³-hybridized carbons (Fsp3) is 0.261. The van der Waals surface area contributed by atoms with Crippen molar-refractivity contribution in [2.75, 3.05) is 19.7 Å². The molecule has 6 heteroatoms. The Morgan fingerprint density at radius 2 is 1.62 bits per heavy atom. The molecule has 1 unspecified atom stereocenters. The molecule has 3 aromatic rings. The van der Waals surface area contributed by atoms with Crippen LogP contribution in [0.25, 0.3) is 0 Å².